The fourth-order valence-electron chi connectivity index (χ4n) is 1.47. The van der Waals surface area contributed by atoms with Gasteiger partial charge < -0.3 is 14.8 Å². The van der Waals surface area contributed by atoms with Crippen molar-refractivity contribution in [3.05, 3.63) is 37.7 Å². The van der Waals surface area contributed by atoms with Gasteiger partial charge in [0.1, 0.15) is 10.7 Å². The van der Waals surface area contributed by atoms with E-state index in [-0.39, 0.29) is 17.3 Å². The standard InChI is InChI=1S/C11H9ClN2O4/c1-17-10-7(8(15)9(10)16)14-5-3-6(12)11(18-2)13-4-5/h3-4,14H,1-2H3. The van der Waals surface area contributed by atoms with Gasteiger partial charge in [-0.1, -0.05) is 11.6 Å². The van der Waals surface area contributed by atoms with Crippen molar-refractivity contribution in [2.45, 2.75) is 0 Å². The van der Waals surface area contributed by atoms with E-state index in [2.05, 4.69) is 10.3 Å². The van der Waals surface area contributed by atoms with E-state index in [1.54, 1.807) is 0 Å². The number of nitrogens with zero attached hydrogens (tertiary/aromatic N) is 1. The topological polar surface area (TPSA) is 77.5 Å². The Hall–Kier alpha value is -2.08. The molecule has 0 bridgehead atoms. The molecule has 0 aliphatic rings. The lowest BCUT2D eigenvalue weighted by Gasteiger charge is -2.12. The largest absolute Gasteiger partial charge is 0.491 e. The maximum atomic E-state index is 11.3. The zero-order chi connectivity index (χ0) is 13.3. The maximum Gasteiger partial charge on any atom is 0.272 e. The number of hydrogen-bond acceptors (Lipinski definition) is 6. The maximum absolute atomic E-state index is 11.3. The minimum Gasteiger partial charge on any atom is -0.491 e. The van der Waals surface area contributed by atoms with E-state index < -0.39 is 10.9 Å². The van der Waals surface area contributed by atoms with Gasteiger partial charge in [0.05, 0.1) is 26.1 Å². The number of nitrogens with one attached hydrogen (secondary N) is 1. The number of ether oxygens (including phenoxy) is 2. The van der Waals surface area contributed by atoms with Crippen LogP contribution in [0.5, 0.6) is 11.6 Å². The molecule has 0 spiro atoms. The predicted molar refractivity (Wildman–Crippen MR) is 67.0 cm³/mol. The van der Waals surface area contributed by atoms with Crippen LogP contribution in [-0.2, 0) is 0 Å². The first-order valence-corrected chi connectivity index (χ1v) is 5.30. The second kappa shape index (κ2) is 4.66. The van der Waals surface area contributed by atoms with Gasteiger partial charge in [-0.2, -0.15) is 0 Å². The molecule has 1 heterocycles. The normalized spacial score (nSPS) is 10.4. The molecular formula is C11H9ClN2O4. The first-order valence-electron chi connectivity index (χ1n) is 4.92. The molecule has 0 aliphatic heterocycles. The molecule has 7 heteroatoms. The van der Waals surface area contributed by atoms with Crippen molar-refractivity contribution in [1.82, 2.24) is 4.98 Å². The Bertz CT molecular complexity index is 661. The minimum atomic E-state index is -0.646. The molecule has 0 saturated heterocycles. The summed E-state index contributed by atoms with van der Waals surface area (Å²) in [4.78, 5) is 26.4. The van der Waals surface area contributed by atoms with Crippen LogP contribution in [0.25, 0.3) is 0 Å². The first-order chi connectivity index (χ1) is 8.58. The molecule has 94 valence electrons. The summed E-state index contributed by atoms with van der Waals surface area (Å²) < 4.78 is 9.69. The van der Waals surface area contributed by atoms with E-state index in [0.717, 1.165) is 0 Å². The Morgan fingerprint density at radius 3 is 2.50 bits per heavy atom. The van der Waals surface area contributed by atoms with Crippen LogP contribution in [0.4, 0.5) is 11.4 Å². The molecule has 0 fully saturated rings. The summed E-state index contributed by atoms with van der Waals surface area (Å²) >= 11 is 5.88. The molecule has 0 unspecified atom stereocenters. The number of pyridine rings is 1. The molecule has 0 amide bonds. The van der Waals surface area contributed by atoms with E-state index in [1.165, 1.54) is 26.5 Å². The first kappa shape index (κ1) is 12.4. The van der Waals surface area contributed by atoms with Crippen LogP contribution in [0.3, 0.4) is 0 Å². The van der Waals surface area contributed by atoms with Gasteiger partial charge in [0, 0.05) is 0 Å². The summed E-state index contributed by atoms with van der Waals surface area (Å²) in [5.41, 5.74) is -0.705. The van der Waals surface area contributed by atoms with Gasteiger partial charge in [-0.25, -0.2) is 4.98 Å². The van der Waals surface area contributed by atoms with Crippen molar-refractivity contribution >= 4 is 23.0 Å². The van der Waals surface area contributed by atoms with Crippen LogP contribution in [0.1, 0.15) is 0 Å². The summed E-state index contributed by atoms with van der Waals surface area (Å²) in [6.45, 7) is 0. The lowest BCUT2D eigenvalue weighted by Crippen LogP contribution is -2.34. The molecule has 2 rings (SSSR count). The molecule has 1 aromatic heterocycles. The number of hydrogen-bond donors (Lipinski definition) is 1. The molecule has 0 saturated carbocycles. The zero-order valence-corrected chi connectivity index (χ0v) is 10.4. The lowest BCUT2D eigenvalue weighted by atomic mass is 10.2. The molecule has 0 radical (unpaired) electrons. The summed E-state index contributed by atoms with van der Waals surface area (Å²) in [6, 6.07) is 1.53. The van der Waals surface area contributed by atoms with Crippen molar-refractivity contribution in [1.29, 1.82) is 0 Å². The average molecular weight is 269 g/mol. The Kier molecular flexibility index (Phi) is 3.20. The Morgan fingerprint density at radius 1 is 1.22 bits per heavy atom. The van der Waals surface area contributed by atoms with Crippen molar-refractivity contribution in [2.75, 3.05) is 19.5 Å². The number of methoxy groups -OCH3 is 2. The third-order valence-electron chi connectivity index (χ3n) is 2.34. The van der Waals surface area contributed by atoms with Gasteiger partial charge in [0.2, 0.25) is 5.88 Å². The molecule has 2 aromatic rings. The highest BCUT2D eigenvalue weighted by atomic mass is 35.5. The monoisotopic (exact) mass is 268 g/mol. The van der Waals surface area contributed by atoms with Crippen molar-refractivity contribution in [2.24, 2.45) is 0 Å². The van der Waals surface area contributed by atoms with E-state index in [9.17, 15) is 9.59 Å². The summed E-state index contributed by atoms with van der Waals surface area (Å²) in [5.74, 6) is 0.283. The average Bonchev–Trinajstić information content (AvgIpc) is 2.38. The minimum absolute atomic E-state index is 0.00643. The highest BCUT2D eigenvalue weighted by Crippen LogP contribution is 2.27. The summed E-state index contributed by atoms with van der Waals surface area (Å²) in [7, 11) is 2.77. The summed E-state index contributed by atoms with van der Waals surface area (Å²) in [5, 5.41) is 3.03. The molecule has 1 N–H and O–H groups in total. The number of anilines is 2. The predicted octanol–water partition coefficient (Wildman–Crippen LogP) is 1.09. The quantitative estimate of drug-likeness (QED) is 0.837. The Balaban J connectivity index is 2.30. The Labute approximate surface area is 107 Å². The van der Waals surface area contributed by atoms with E-state index >= 15 is 0 Å². The molecule has 0 aliphatic carbocycles. The van der Waals surface area contributed by atoms with E-state index in [1.807, 2.05) is 0 Å². The molecular weight excluding hydrogens is 260 g/mol. The lowest BCUT2D eigenvalue weighted by molar-refractivity contribution is 0.398. The SMILES string of the molecule is COc1ncc(Nc2c(OC)c(=O)c2=O)cc1Cl. The highest BCUT2D eigenvalue weighted by Gasteiger charge is 2.22. The van der Waals surface area contributed by atoms with Crippen LogP contribution >= 0.6 is 11.6 Å². The molecule has 1 aromatic carbocycles. The Morgan fingerprint density at radius 2 is 1.94 bits per heavy atom. The number of aromatic nitrogens is 1. The second-order valence-corrected chi connectivity index (χ2v) is 3.81. The van der Waals surface area contributed by atoms with Gasteiger partial charge in [0.25, 0.3) is 10.9 Å². The zero-order valence-electron chi connectivity index (χ0n) is 9.61. The van der Waals surface area contributed by atoms with Crippen LogP contribution in [-0.4, -0.2) is 19.2 Å². The molecule has 6 nitrogen and oxygen atoms in total. The van der Waals surface area contributed by atoms with Crippen LogP contribution in [0, 0.1) is 0 Å². The van der Waals surface area contributed by atoms with Crippen molar-refractivity contribution < 1.29 is 9.47 Å². The van der Waals surface area contributed by atoms with Gasteiger partial charge in [-0.15, -0.1) is 0 Å². The van der Waals surface area contributed by atoms with Gasteiger partial charge in [-0.3, -0.25) is 9.59 Å². The van der Waals surface area contributed by atoms with E-state index in [4.69, 9.17) is 21.1 Å². The van der Waals surface area contributed by atoms with Gasteiger partial charge in [-0.05, 0) is 6.07 Å². The van der Waals surface area contributed by atoms with Crippen molar-refractivity contribution in [3.8, 4) is 11.6 Å². The fraction of sp³-hybridized carbons (Fsp3) is 0.182. The van der Waals surface area contributed by atoms with Gasteiger partial charge in [0.15, 0.2) is 5.75 Å². The highest BCUT2D eigenvalue weighted by molar-refractivity contribution is 6.32. The molecule has 18 heavy (non-hydrogen) atoms. The third kappa shape index (κ3) is 1.91. The number of rotatable bonds is 4. The summed E-state index contributed by atoms with van der Waals surface area (Å²) in [6.07, 6.45) is 1.43. The third-order valence-corrected chi connectivity index (χ3v) is 2.61. The molecule has 0 atom stereocenters. The van der Waals surface area contributed by atoms with Crippen molar-refractivity contribution in [3.63, 3.8) is 0 Å². The smallest absolute Gasteiger partial charge is 0.272 e. The fourth-order valence-corrected chi connectivity index (χ4v) is 1.71. The van der Waals surface area contributed by atoms with E-state index in [0.29, 0.717) is 10.7 Å². The van der Waals surface area contributed by atoms with Crippen LogP contribution < -0.4 is 25.6 Å². The second-order valence-electron chi connectivity index (χ2n) is 3.41. The van der Waals surface area contributed by atoms with Crippen LogP contribution in [0.15, 0.2) is 21.9 Å². The van der Waals surface area contributed by atoms with Gasteiger partial charge >= 0.3 is 0 Å². The number of halogens is 1. The van der Waals surface area contributed by atoms with Crippen LogP contribution in [0.2, 0.25) is 5.02 Å².